The van der Waals surface area contributed by atoms with Gasteiger partial charge in [0.05, 0.1) is 12.7 Å². The average molecular weight is 337 g/mol. The number of methoxy groups -OCH3 is 1. The molecule has 132 valence electrons. The van der Waals surface area contributed by atoms with Gasteiger partial charge in [-0.3, -0.25) is 0 Å². The summed E-state index contributed by atoms with van der Waals surface area (Å²) in [5.74, 6) is -0.941. The minimum Gasteiger partial charge on any atom is -0.465 e. The van der Waals surface area contributed by atoms with Crippen LogP contribution in [-0.2, 0) is 9.47 Å². The zero-order chi connectivity index (χ0) is 17.9. The number of nitrogens with zero attached hydrogens (tertiary/aromatic N) is 1. The number of benzene rings is 1. The molecular formula is C18H24FNO4. The molecule has 2 rings (SSSR count). The van der Waals surface area contributed by atoms with Crippen LogP contribution in [0, 0.1) is 5.82 Å². The van der Waals surface area contributed by atoms with Gasteiger partial charge in [0.2, 0.25) is 0 Å². The van der Waals surface area contributed by atoms with Crippen molar-refractivity contribution in [3.8, 4) is 0 Å². The fraction of sp³-hybridized carbons (Fsp3) is 0.556. The van der Waals surface area contributed by atoms with Crippen LogP contribution in [0.15, 0.2) is 18.2 Å². The Hall–Kier alpha value is -2.11. The maximum absolute atomic E-state index is 14.3. The molecule has 1 aromatic rings. The van der Waals surface area contributed by atoms with Gasteiger partial charge in [0, 0.05) is 13.1 Å². The summed E-state index contributed by atoms with van der Waals surface area (Å²) in [5.41, 5.74) is 0.250. The molecule has 1 heterocycles. The van der Waals surface area contributed by atoms with E-state index in [0.717, 1.165) is 0 Å². The van der Waals surface area contributed by atoms with Crippen molar-refractivity contribution < 1.29 is 23.5 Å². The quantitative estimate of drug-likeness (QED) is 0.772. The second kappa shape index (κ2) is 7.20. The standard InChI is InChI=1S/C18H24FNO4/c1-18(2,3)24-17(22)20-9-7-12(8-10-20)14-6-5-13(11-15(14)19)16(21)23-4/h5-6,11-12H,7-10H2,1-4H3. The summed E-state index contributed by atoms with van der Waals surface area (Å²) in [7, 11) is 1.26. The summed E-state index contributed by atoms with van der Waals surface area (Å²) in [6.07, 6.45) is 0.990. The van der Waals surface area contributed by atoms with Crippen molar-refractivity contribution in [3.05, 3.63) is 35.1 Å². The van der Waals surface area contributed by atoms with Crippen LogP contribution in [0.5, 0.6) is 0 Å². The molecule has 1 aliphatic rings. The third-order valence-corrected chi connectivity index (χ3v) is 4.01. The summed E-state index contributed by atoms with van der Waals surface area (Å²) >= 11 is 0. The number of hydrogen-bond acceptors (Lipinski definition) is 4. The molecule has 0 unspecified atom stereocenters. The molecule has 6 heteroatoms. The van der Waals surface area contributed by atoms with Gasteiger partial charge in [0.1, 0.15) is 11.4 Å². The lowest BCUT2D eigenvalue weighted by molar-refractivity contribution is 0.0204. The Morgan fingerprint density at radius 1 is 1.21 bits per heavy atom. The van der Waals surface area contributed by atoms with Crippen molar-refractivity contribution in [3.63, 3.8) is 0 Å². The van der Waals surface area contributed by atoms with Crippen molar-refractivity contribution in [1.82, 2.24) is 4.90 Å². The summed E-state index contributed by atoms with van der Waals surface area (Å²) in [6, 6.07) is 4.42. The highest BCUT2D eigenvalue weighted by Crippen LogP contribution is 2.31. The highest BCUT2D eigenvalue weighted by molar-refractivity contribution is 5.89. The van der Waals surface area contributed by atoms with Gasteiger partial charge in [0.25, 0.3) is 0 Å². The first-order valence-electron chi connectivity index (χ1n) is 8.07. The van der Waals surface area contributed by atoms with Gasteiger partial charge in [-0.25, -0.2) is 14.0 Å². The van der Waals surface area contributed by atoms with Crippen molar-refractivity contribution in [2.45, 2.75) is 45.1 Å². The van der Waals surface area contributed by atoms with Gasteiger partial charge in [-0.15, -0.1) is 0 Å². The molecule has 0 saturated carbocycles. The number of likely N-dealkylation sites (tertiary alicyclic amines) is 1. The molecule has 1 aromatic carbocycles. The highest BCUT2D eigenvalue weighted by Gasteiger charge is 2.28. The van der Waals surface area contributed by atoms with E-state index in [0.29, 0.717) is 31.5 Å². The molecule has 1 aliphatic heterocycles. The number of esters is 1. The molecule has 1 amide bonds. The largest absolute Gasteiger partial charge is 0.465 e. The minimum atomic E-state index is -0.555. The summed E-state index contributed by atoms with van der Waals surface area (Å²) in [6.45, 7) is 6.54. The zero-order valence-electron chi connectivity index (χ0n) is 14.6. The highest BCUT2D eigenvalue weighted by atomic mass is 19.1. The van der Waals surface area contributed by atoms with Crippen LogP contribution in [0.1, 0.15) is 55.5 Å². The Labute approximate surface area is 141 Å². The number of ether oxygens (including phenoxy) is 2. The average Bonchev–Trinajstić information content (AvgIpc) is 2.52. The molecule has 0 N–H and O–H groups in total. The molecule has 5 nitrogen and oxygen atoms in total. The number of rotatable bonds is 2. The smallest absolute Gasteiger partial charge is 0.410 e. The lowest BCUT2D eigenvalue weighted by atomic mass is 9.88. The van der Waals surface area contributed by atoms with Gasteiger partial charge in [-0.1, -0.05) is 6.07 Å². The summed E-state index contributed by atoms with van der Waals surface area (Å²) in [4.78, 5) is 25.1. The topological polar surface area (TPSA) is 55.8 Å². The lowest BCUT2D eigenvalue weighted by Gasteiger charge is -2.33. The maximum Gasteiger partial charge on any atom is 0.410 e. The number of carbonyl (C=O) groups is 2. The molecule has 0 radical (unpaired) electrons. The molecule has 0 spiro atoms. The van der Waals surface area contributed by atoms with Crippen molar-refractivity contribution >= 4 is 12.1 Å². The van der Waals surface area contributed by atoms with E-state index in [-0.39, 0.29) is 17.6 Å². The normalized spacial score (nSPS) is 16.0. The zero-order valence-corrected chi connectivity index (χ0v) is 14.6. The van der Waals surface area contributed by atoms with E-state index in [2.05, 4.69) is 4.74 Å². The van der Waals surface area contributed by atoms with Crippen LogP contribution in [0.3, 0.4) is 0 Å². The van der Waals surface area contributed by atoms with Crippen LogP contribution in [0.25, 0.3) is 0 Å². The molecule has 0 bridgehead atoms. The molecule has 0 aliphatic carbocycles. The van der Waals surface area contributed by atoms with E-state index in [1.165, 1.54) is 13.2 Å². The fourth-order valence-corrected chi connectivity index (χ4v) is 2.80. The summed E-state index contributed by atoms with van der Waals surface area (Å²) in [5, 5.41) is 0. The first-order valence-corrected chi connectivity index (χ1v) is 8.07. The maximum atomic E-state index is 14.3. The van der Waals surface area contributed by atoms with Gasteiger partial charge >= 0.3 is 12.1 Å². The predicted octanol–water partition coefficient (Wildman–Crippen LogP) is 3.73. The Morgan fingerprint density at radius 2 is 1.83 bits per heavy atom. The van der Waals surface area contributed by atoms with Crippen molar-refractivity contribution in [2.24, 2.45) is 0 Å². The third-order valence-electron chi connectivity index (χ3n) is 4.01. The predicted molar refractivity (Wildman–Crippen MR) is 87.5 cm³/mol. The van der Waals surface area contributed by atoms with E-state index in [4.69, 9.17) is 4.74 Å². The van der Waals surface area contributed by atoms with E-state index in [9.17, 15) is 14.0 Å². The second-order valence-electron chi connectivity index (χ2n) is 6.97. The van der Waals surface area contributed by atoms with Crippen molar-refractivity contribution in [2.75, 3.05) is 20.2 Å². The van der Waals surface area contributed by atoms with Crippen LogP contribution in [0.2, 0.25) is 0 Å². The van der Waals surface area contributed by atoms with Gasteiger partial charge in [0.15, 0.2) is 0 Å². The first-order chi connectivity index (χ1) is 11.2. The van der Waals surface area contributed by atoms with Crippen LogP contribution >= 0.6 is 0 Å². The second-order valence-corrected chi connectivity index (χ2v) is 6.97. The Morgan fingerprint density at radius 3 is 2.33 bits per heavy atom. The minimum absolute atomic E-state index is 0.0235. The molecule has 1 fully saturated rings. The van der Waals surface area contributed by atoms with Gasteiger partial charge < -0.3 is 14.4 Å². The molecule has 24 heavy (non-hydrogen) atoms. The van der Waals surface area contributed by atoms with Crippen molar-refractivity contribution in [1.29, 1.82) is 0 Å². The van der Waals surface area contributed by atoms with E-state index in [1.54, 1.807) is 17.0 Å². The first kappa shape index (κ1) is 18.2. The Bertz CT molecular complexity index is 616. The number of carbonyl (C=O) groups excluding carboxylic acids is 2. The number of halogens is 1. The Kier molecular flexibility index (Phi) is 5.47. The van der Waals surface area contributed by atoms with E-state index < -0.39 is 17.4 Å². The number of hydrogen-bond donors (Lipinski definition) is 0. The number of piperidine rings is 1. The van der Waals surface area contributed by atoms with E-state index >= 15 is 0 Å². The molecular weight excluding hydrogens is 313 g/mol. The lowest BCUT2D eigenvalue weighted by Crippen LogP contribution is -2.41. The van der Waals surface area contributed by atoms with Crippen LogP contribution in [0.4, 0.5) is 9.18 Å². The van der Waals surface area contributed by atoms with Crippen LogP contribution in [-0.4, -0.2) is 42.8 Å². The van der Waals surface area contributed by atoms with E-state index in [1.807, 2.05) is 20.8 Å². The Balaban J connectivity index is 2.00. The fourth-order valence-electron chi connectivity index (χ4n) is 2.80. The molecule has 0 aromatic heterocycles. The monoisotopic (exact) mass is 337 g/mol. The SMILES string of the molecule is COC(=O)c1ccc(C2CCN(C(=O)OC(C)(C)C)CC2)c(F)c1. The number of amides is 1. The summed E-state index contributed by atoms with van der Waals surface area (Å²) < 4.78 is 24.2. The van der Waals surface area contributed by atoms with Gasteiger partial charge in [-0.2, -0.15) is 0 Å². The van der Waals surface area contributed by atoms with Gasteiger partial charge in [-0.05, 0) is 57.2 Å². The third kappa shape index (κ3) is 4.46. The van der Waals surface area contributed by atoms with Crippen LogP contribution < -0.4 is 0 Å². The molecule has 0 atom stereocenters. The molecule has 1 saturated heterocycles.